The number of carbonyl (C=O) groups excluding carboxylic acids is 1. The molecule has 1 fully saturated rings. The molecule has 144 valence electrons. The summed E-state index contributed by atoms with van der Waals surface area (Å²) in [6, 6.07) is 18.1. The number of amides is 1. The van der Waals surface area contributed by atoms with Gasteiger partial charge < -0.3 is 9.80 Å². The monoisotopic (exact) mass is 374 g/mol. The van der Waals surface area contributed by atoms with Gasteiger partial charge in [0.05, 0.1) is 11.3 Å². The number of aromatic nitrogens is 2. The van der Waals surface area contributed by atoms with Crippen molar-refractivity contribution in [1.29, 1.82) is 0 Å². The third-order valence-corrected chi connectivity index (χ3v) is 5.40. The van der Waals surface area contributed by atoms with E-state index in [4.69, 9.17) is 5.10 Å². The van der Waals surface area contributed by atoms with Crippen molar-refractivity contribution in [1.82, 2.24) is 19.6 Å². The minimum atomic E-state index is 0.0629. The second-order valence-electron chi connectivity index (χ2n) is 7.26. The molecule has 1 aliphatic heterocycles. The van der Waals surface area contributed by atoms with E-state index in [1.807, 2.05) is 58.2 Å². The smallest absolute Gasteiger partial charge is 0.257 e. The number of piperazine rings is 1. The highest BCUT2D eigenvalue weighted by Gasteiger charge is 2.26. The Balaban J connectivity index is 1.70. The Morgan fingerprint density at radius 2 is 1.64 bits per heavy atom. The lowest BCUT2D eigenvalue weighted by molar-refractivity contribution is 0.0644. The number of rotatable bonds is 4. The molecular formula is C23H26N4O. The van der Waals surface area contributed by atoms with Gasteiger partial charge in [0.1, 0.15) is 5.69 Å². The Labute approximate surface area is 166 Å². The van der Waals surface area contributed by atoms with E-state index in [1.165, 1.54) is 5.56 Å². The lowest BCUT2D eigenvalue weighted by atomic mass is 10.1. The summed E-state index contributed by atoms with van der Waals surface area (Å²) in [4.78, 5) is 17.7. The van der Waals surface area contributed by atoms with Gasteiger partial charge in [-0.3, -0.25) is 4.79 Å². The van der Waals surface area contributed by atoms with Crippen molar-refractivity contribution in [3.8, 4) is 16.9 Å². The van der Waals surface area contributed by atoms with E-state index < -0.39 is 0 Å². The minimum absolute atomic E-state index is 0.0629. The maximum Gasteiger partial charge on any atom is 0.257 e. The molecule has 1 aromatic heterocycles. The van der Waals surface area contributed by atoms with Crippen LogP contribution >= 0.6 is 0 Å². The summed E-state index contributed by atoms with van der Waals surface area (Å²) in [5, 5.41) is 4.79. The van der Waals surface area contributed by atoms with Crippen molar-refractivity contribution in [3.05, 3.63) is 71.9 Å². The molecule has 0 N–H and O–H groups in total. The Bertz CT molecular complexity index is 938. The molecule has 5 heteroatoms. The van der Waals surface area contributed by atoms with Crippen LogP contribution in [-0.2, 0) is 0 Å². The maximum absolute atomic E-state index is 13.3. The lowest BCUT2D eigenvalue weighted by Gasteiger charge is -2.34. The number of hydrogen-bond donors (Lipinski definition) is 0. The number of nitrogens with zero attached hydrogens (tertiary/aromatic N) is 4. The van der Waals surface area contributed by atoms with Gasteiger partial charge in [0.25, 0.3) is 5.91 Å². The molecule has 28 heavy (non-hydrogen) atoms. The van der Waals surface area contributed by atoms with Crippen LogP contribution in [0.3, 0.4) is 0 Å². The molecule has 2 aromatic carbocycles. The standard InChI is InChI=1S/C23H26N4O/c1-3-25-13-15-26(16-14-25)23(28)21-17-27(20-11-9-18(2)10-12-20)24-22(21)19-7-5-4-6-8-19/h4-12,17H,3,13-16H2,1-2H3. The van der Waals surface area contributed by atoms with Gasteiger partial charge in [0.15, 0.2) is 0 Å². The molecule has 5 nitrogen and oxygen atoms in total. The van der Waals surface area contributed by atoms with Crippen molar-refractivity contribution < 1.29 is 4.79 Å². The molecule has 2 heterocycles. The lowest BCUT2D eigenvalue weighted by Crippen LogP contribution is -2.48. The number of likely N-dealkylation sites (N-methyl/N-ethyl adjacent to an activating group) is 1. The third-order valence-electron chi connectivity index (χ3n) is 5.40. The highest BCUT2D eigenvalue weighted by molar-refractivity contribution is 6.00. The number of carbonyl (C=O) groups is 1. The Morgan fingerprint density at radius 1 is 0.964 bits per heavy atom. The van der Waals surface area contributed by atoms with Crippen molar-refractivity contribution in [3.63, 3.8) is 0 Å². The second kappa shape index (κ2) is 7.98. The molecule has 1 amide bonds. The highest BCUT2D eigenvalue weighted by atomic mass is 16.2. The van der Waals surface area contributed by atoms with Gasteiger partial charge in [-0.15, -0.1) is 0 Å². The van der Waals surface area contributed by atoms with Crippen LogP contribution in [0, 0.1) is 6.92 Å². The summed E-state index contributed by atoms with van der Waals surface area (Å²) in [6.07, 6.45) is 1.88. The molecular weight excluding hydrogens is 348 g/mol. The molecule has 1 aliphatic rings. The summed E-state index contributed by atoms with van der Waals surface area (Å²) < 4.78 is 1.82. The van der Waals surface area contributed by atoms with Crippen LogP contribution in [0.2, 0.25) is 0 Å². The van der Waals surface area contributed by atoms with Crippen molar-refractivity contribution >= 4 is 5.91 Å². The topological polar surface area (TPSA) is 41.4 Å². The Kier molecular flexibility index (Phi) is 5.26. The van der Waals surface area contributed by atoms with Crippen LogP contribution in [0.15, 0.2) is 60.8 Å². The molecule has 0 saturated carbocycles. The second-order valence-corrected chi connectivity index (χ2v) is 7.26. The van der Waals surface area contributed by atoms with Gasteiger partial charge in [-0.25, -0.2) is 4.68 Å². The van der Waals surface area contributed by atoms with Crippen LogP contribution in [0.1, 0.15) is 22.8 Å². The SMILES string of the molecule is CCN1CCN(C(=O)c2cn(-c3ccc(C)cc3)nc2-c2ccccc2)CC1. The van der Waals surface area contributed by atoms with Gasteiger partial charge in [0.2, 0.25) is 0 Å². The van der Waals surface area contributed by atoms with Crippen LogP contribution in [0.4, 0.5) is 0 Å². The maximum atomic E-state index is 13.3. The first-order chi connectivity index (χ1) is 13.7. The van der Waals surface area contributed by atoms with Crippen molar-refractivity contribution in [2.45, 2.75) is 13.8 Å². The first-order valence-corrected chi connectivity index (χ1v) is 9.89. The van der Waals surface area contributed by atoms with Gasteiger partial charge in [-0.05, 0) is 25.6 Å². The van der Waals surface area contributed by atoms with Crippen LogP contribution < -0.4 is 0 Å². The van der Waals surface area contributed by atoms with Crippen LogP contribution in [0.25, 0.3) is 16.9 Å². The predicted octanol–water partition coefficient (Wildman–Crippen LogP) is 3.63. The van der Waals surface area contributed by atoms with E-state index in [0.29, 0.717) is 5.56 Å². The fraction of sp³-hybridized carbons (Fsp3) is 0.304. The zero-order valence-corrected chi connectivity index (χ0v) is 16.5. The normalized spacial score (nSPS) is 15.0. The van der Waals surface area contributed by atoms with Crippen molar-refractivity contribution in [2.24, 2.45) is 0 Å². The summed E-state index contributed by atoms with van der Waals surface area (Å²) in [5.41, 5.74) is 4.52. The molecule has 0 bridgehead atoms. The van der Waals surface area contributed by atoms with Crippen LogP contribution in [-0.4, -0.2) is 58.2 Å². The number of benzene rings is 2. The first-order valence-electron chi connectivity index (χ1n) is 9.89. The van der Waals surface area contributed by atoms with Gasteiger partial charge in [-0.1, -0.05) is 55.0 Å². The molecule has 0 atom stereocenters. The summed E-state index contributed by atoms with van der Waals surface area (Å²) in [5.74, 6) is 0.0629. The van der Waals surface area contributed by atoms with Crippen molar-refractivity contribution in [2.75, 3.05) is 32.7 Å². The zero-order chi connectivity index (χ0) is 19.5. The van der Waals surface area contributed by atoms with E-state index in [-0.39, 0.29) is 5.91 Å². The zero-order valence-electron chi connectivity index (χ0n) is 16.5. The van der Waals surface area contributed by atoms with E-state index in [9.17, 15) is 4.79 Å². The molecule has 0 radical (unpaired) electrons. The quantitative estimate of drug-likeness (QED) is 0.700. The fourth-order valence-corrected chi connectivity index (χ4v) is 3.61. The average molecular weight is 374 g/mol. The fourth-order valence-electron chi connectivity index (χ4n) is 3.61. The van der Waals surface area contributed by atoms with E-state index in [0.717, 1.165) is 49.7 Å². The van der Waals surface area contributed by atoms with Crippen LogP contribution in [0.5, 0.6) is 0 Å². The molecule has 0 unspecified atom stereocenters. The summed E-state index contributed by atoms with van der Waals surface area (Å²) in [7, 11) is 0. The Hall–Kier alpha value is -2.92. The molecule has 1 saturated heterocycles. The van der Waals surface area contributed by atoms with Gasteiger partial charge in [0, 0.05) is 37.9 Å². The summed E-state index contributed by atoms with van der Waals surface area (Å²) in [6.45, 7) is 8.63. The largest absolute Gasteiger partial charge is 0.336 e. The predicted molar refractivity (Wildman–Crippen MR) is 112 cm³/mol. The molecule has 0 aliphatic carbocycles. The highest BCUT2D eigenvalue weighted by Crippen LogP contribution is 2.25. The molecule has 0 spiro atoms. The van der Waals surface area contributed by atoms with Gasteiger partial charge >= 0.3 is 0 Å². The Morgan fingerprint density at radius 3 is 2.29 bits per heavy atom. The number of aryl methyl sites for hydroxylation is 1. The van der Waals surface area contributed by atoms with E-state index in [2.05, 4.69) is 30.9 Å². The number of hydrogen-bond acceptors (Lipinski definition) is 3. The van der Waals surface area contributed by atoms with Gasteiger partial charge in [-0.2, -0.15) is 5.10 Å². The minimum Gasteiger partial charge on any atom is -0.336 e. The first kappa shape index (κ1) is 18.4. The summed E-state index contributed by atoms with van der Waals surface area (Å²) >= 11 is 0. The van der Waals surface area contributed by atoms with E-state index >= 15 is 0 Å². The molecule has 3 aromatic rings. The molecule has 4 rings (SSSR count). The third kappa shape index (κ3) is 3.71. The van der Waals surface area contributed by atoms with E-state index in [1.54, 1.807) is 0 Å². The average Bonchev–Trinajstić information content (AvgIpc) is 3.20.